The van der Waals surface area contributed by atoms with Crippen molar-refractivity contribution in [1.82, 2.24) is 10.2 Å². The number of amides is 2. The van der Waals surface area contributed by atoms with Gasteiger partial charge in [-0.3, -0.25) is 9.59 Å². The van der Waals surface area contributed by atoms with E-state index >= 15 is 0 Å². The van der Waals surface area contributed by atoms with Gasteiger partial charge in [0.25, 0.3) is 5.91 Å². The van der Waals surface area contributed by atoms with Crippen molar-refractivity contribution in [3.05, 3.63) is 61.5 Å². The zero-order chi connectivity index (χ0) is 24.8. The minimum Gasteiger partial charge on any atom is -0.484 e. The third-order valence-electron chi connectivity index (χ3n) is 6.23. The van der Waals surface area contributed by atoms with Crippen LogP contribution in [0.15, 0.2) is 34.8 Å². The van der Waals surface area contributed by atoms with Crippen molar-refractivity contribution < 1.29 is 14.3 Å². The molecule has 0 aliphatic heterocycles. The van der Waals surface area contributed by atoms with Crippen LogP contribution in [0.3, 0.4) is 0 Å². The van der Waals surface area contributed by atoms with Crippen LogP contribution in [0.1, 0.15) is 55.7 Å². The lowest BCUT2D eigenvalue weighted by molar-refractivity contribution is -0.142. The van der Waals surface area contributed by atoms with Crippen LogP contribution in [-0.2, 0) is 16.1 Å². The summed E-state index contributed by atoms with van der Waals surface area (Å²) in [7, 11) is 0. The Morgan fingerprint density at radius 2 is 1.74 bits per heavy atom. The van der Waals surface area contributed by atoms with Gasteiger partial charge in [-0.25, -0.2) is 0 Å². The van der Waals surface area contributed by atoms with Crippen LogP contribution in [0.5, 0.6) is 5.75 Å². The molecule has 0 aromatic heterocycles. The van der Waals surface area contributed by atoms with E-state index in [9.17, 15) is 9.59 Å². The fraction of sp³-hybridized carbons (Fsp3) is 0.462. The molecule has 1 fully saturated rings. The number of halogens is 3. The smallest absolute Gasteiger partial charge is 0.261 e. The molecule has 1 saturated carbocycles. The van der Waals surface area contributed by atoms with Crippen LogP contribution in [0.2, 0.25) is 10.0 Å². The van der Waals surface area contributed by atoms with E-state index in [-0.39, 0.29) is 31.0 Å². The number of ether oxygens (including phenoxy) is 1. The molecule has 2 aromatic carbocycles. The number of carbonyl (C=O) groups excluding carboxylic acids is 2. The van der Waals surface area contributed by atoms with E-state index in [2.05, 4.69) is 21.2 Å². The molecule has 1 aliphatic rings. The molecular weight excluding hydrogens is 539 g/mol. The molecule has 1 aliphatic carbocycles. The Bertz CT molecular complexity index is 1020. The number of nitrogens with one attached hydrogen (secondary N) is 1. The van der Waals surface area contributed by atoms with E-state index in [1.54, 1.807) is 19.1 Å². The molecule has 5 nitrogen and oxygen atoms in total. The summed E-state index contributed by atoms with van der Waals surface area (Å²) < 4.78 is 6.85. The summed E-state index contributed by atoms with van der Waals surface area (Å²) in [6.45, 7) is 5.74. The largest absolute Gasteiger partial charge is 0.484 e. The van der Waals surface area contributed by atoms with Crippen molar-refractivity contribution in [2.24, 2.45) is 0 Å². The number of hydrogen-bond donors (Lipinski definition) is 1. The zero-order valence-corrected chi connectivity index (χ0v) is 22.9. The van der Waals surface area contributed by atoms with Gasteiger partial charge in [0.05, 0.1) is 10.0 Å². The number of carbonyl (C=O) groups is 2. The predicted molar refractivity (Wildman–Crippen MR) is 141 cm³/mol. The molecule has 3 rings (SSSR count). The number of nitrogens with zero attached hydrogens (tertiary/aromatic N) is 1. The van der Waals surface area contributed by atoms with E-state index in [1.165, 1.54) is 11.3 Å². The van der Waals surface area contributed by atoms with Crippen LogP contribution in [0, 0.1) is 13.8 Å². The SMILES string of the molecule is Cc1cc(OCC(=O)N(Cc2ccc(Cl)c(Cl)c2)[C@@H](C)C(=O)NC2CCCCC2)cc(C)c1Br. The van der Waals surface area contributed by atoms with Crippen LogP contribution in [-0.4, -0.2) is 35.4 Å². The Hall–Kier alpha value is -1.76. The Morgan fingerprint density at radius 3 is 2.35 bits per heavy atom. The quantitative estimate of drug-likeness (QED) is 0.389. The van der Waals surface area contributed by atoms with Crippen molar-refractivity contribution in [3.63, 3.8) is 0 Å². The van der Waals surface area contributed by atoms with Crippen LogP contribution >= 0.6 is 39.1 Å². The maximum absolute atomic E-state index is 13.3. The first-order valence-electron chi connectivity index (χ1n) is 11.6. The Labute approximate surface area is 220 Å². The van der Waals surface area contributed by atoms with Gasteiger partial charge in [-0.2, -0.15) is 0 Å². The summed E-state index contributed by atoms with van der Waals surface area (Å²) in [5, 5.41) is 3.98. The van der Waals surface area contributed by atoms with Crippen molar-refractivity contribution in [2.45, 2.75) is 71.5 Å². The van der Waals surface area contributed by atoms with E-state index in [0.717, 1.165) is 46.8 Å². The van der Waals surface area contributed by atoms with Gasteiger partial charge in [0, 0.05) is 17.1 Å². The summed E-state index contributed by atoms with van der Waals surface area (Å²) in [5.41, 5.74) is 2.83. The second-order valence-electron chi connectivity index (χ2n) is 8.95. The number of aryl methyl sites for hydroxylation is 2. The highest BCUT2D eigenvalue weighted by molar-refractivity contribution is 9.10. The highest BCUT2D eigenvalue weighted by atomic mass is 79.9. The topological polar surface area (TPSA) is 58.6 Å². The molecule has 0 saturated heterocycles. The fourth-order valence-electron chi connectivity index (χ4n) is 4.20. The number of hydrogen-bond acceptors (Lipinski definition) is 3. The van der Waals surface area contributed by atoms with Crippen molar-refractivity contribution in [2.75, 3.05) is 6.61 Å². The van der Waals surface area contributed by atoms with Crippen LogP contribution < -0.4 is 10.1 Å². The van der Waals surface area contributed by atoms with Gasteiger partial charge in [-0.15, -0.1) is 0 Å². The molecule has 0 spiro atoms. The highest BCUT2D eigenvalue weighted by Crippen LogP contribution is 2.27. The maximum atomic E-state index is 13.3. The zero-order valence-electron chi connectivity index (χ0n) is 19.8. The summed E-state index contributed by atoms with van der Waals surface area (Å²) in [4.78, 5) is 27.9. The molecule has 0 bridgehead atoms. The molecule has 0 radical (unpaired) electrons. The van der Waals surface area contributed by atoms with Gasteiger partial charge < -0.3 is 15.0 Å². The first-order chi connectivity index (χ1) is 16.2. The third-order valence-corrected chi connectivity index (χ3v) is 8.22. The monoisotopic (exact) mass is 568 g/mol. The van der Waals surface area contributed by atoms with Gasteiger partial charge in [0.1, 0.15) is 11.8 Å². The Balaban J connectivity index is 1.75. The summed E-state index contributed by atoms with van der Waals surface area (Å²) in [6, 6.07) is 8.48. The molecular formula is C26H31BrCl2N2O3. The molecule has 2 aromatic rings. The van der Waals surface area contributed by atoms with Gasteiger partial charge in [-0.05, 0) is 74.6 Å². The summed E-state index contributed by atoms with van der Waals surface area (Å²) in [5.74, 6) is 0.173. The Morgan fingerprint density at radius 1 is 1.09 bits per heavy atom. The van der Waals surface area contributed by atoms with E-state index < -0.39 is 6.04 Å². The molecule has 2 amide bonds. The normalized spacial score (nSPS) is 15.0. The van der Waals surface area contributed by atoms with Crippen molar-refractivity contribution >= 4 is 50.9 Å². The van der Waals surface area contributed by atoms with Gasteiger partial charge in [0.15, 0.2) is 6.61 Å². The lowest BCUT2D eigenvalue weighted by Gasteiger charge is -2.31. The lowest BCUT2D eigenvalue weighted by atomic mass is 9.95. The standard InChI is InChI=1S/C26H31BrCl2N2O3/c1-16-11-21(12-17(2)25(16)27)34-15-24(32)31(14-19-9-10-22(28)23(29)13-19)18(3)26(33)30-20-7-5-4-6-8-20/h9-13,18,20H,4-8,14-15H2,1-3H3,(H,30,33)/t18-/m0/s1. The molecule has 184 valence electrons. The average molecular weight is 570 g/mol. The van der Waals surface area contributed by atoms with Crippen LogP contribution in [0.25, 0.3) is 0 Å². The molecule has 1 atom stereocenters. The van der Waals surface area contributed by atoms with Gasteiger partial charge >= 0.3 is 0 Å². The minimum absolute atomic E-state index is 0.157. The maximum Gasteiger partial charge on any atom is 0.261 e. The summed E-state index contributed by atoms with van der Waals surface area (Å²) in [6.07, 6.45) is 5.39. The first-order valence-corrected chi connectivity index (χ1v) is 13.1. The molecule has 1 N–H and O–H groups in total. The van der Waals surface area contributed by atoms with Crippen LogP contribution in [0.4, 0.5) is 0 Å². The Kier molecular flexibility index (Phi) is 9.69. The summed E-state index contributed by atoms with van der Waals surface area (Å²) >= 11 is 15.8. The number of benzene rings is 2. The van der Waals surface area contributed by atoms with E-state index in [0.29, 0.717) is 15.8 Å². The first kappa shape index (κ1) is 26.8. The second-order valence-corrected chi connectivity index (χ2v) is 10.6. The molecule has 34 heavy (non-hydrogen) atoms. The van der Waals surface area contributed by atoms with Crippen molar-refractivity contribution in [3.8, 4) is 5.75 Å². The molecule has 8 heteroatoms. The van der Waals surface area contributed by atoms with Gasteiger partial charge in [-0.1, -0.05) is 64.5 Å². The van der Waals surface area contributed by atoms with Gasteiger partial charge in [0.2, 0.25) is 5.91 Å². The van der Waals surface area contributed by atoms with E-state index in [1.807, 2.05) is 32.0 Å². The predicted octanol–water partition coefficient (Wildman–Crippen LogP) is 6.62. The lowest BCUT2D eigenvalue weighted by Crippen LogP contribution is -2.51. The fourth-order valence-corrected chi connectivity index (χ4v) is 4.75. The number of rotatable bonds is 8. The average Bonchev–Trinajstić information content (AvgIpc) is 2.81. The highest BCUT2D eigenvalue weighted by Gasteiger charge is 2.28. The molecule has 0 heterocycles. The minimum atomic E-state index is -0.666. The second kappa shape index (κ2) is 12.3. The van der Waals surface area contributed by atoms with Crippen molar-refractivity contribution in [1.29, 1.82) is 0 Å². The third kappa shape index (κ3) is 7.12. The molecule has 0 unspecified atom stereocenters. The van der Waals surface area contributed by atoms with E-state index in [4.69, 9.17) is 27.9 Å².